The maximum atomic E-state index is 12.2. The van der Waals surface area contributed by atoms with Gasteiger partial charge < -0.3 is 10.4 Å². The van der Waals surface area contributed by atoms with Gasteiger partial charge in [-0.3, -0.25) is 9.59 Å². The second-order valence-electron chi connectivity index (χ2n) is 5.63. The summed E-state index contributed by atoms with van der Waals surface area (Å²) in [6.45, 7) is 3.99. The van der Waals surface area contributed by atoms with Crippen molar-refractivity contribution in [2.45, 2.75) is 46.0 Å². The van der Waals surface area contributed by atoms with Crippen molar-refractivity contribution in [2.24, 2.45) is 5.41 Å². The summed E-state index contributed by atoms with van der Waals surface area (Å²) in [6.07, 6.45) is 3.00. The molecule has 1 aliphatic rings. The molecule has 0 aliphatic heterocycles. The fourth-order valence-electron chi connectivity index (χ4n) is 2.76. The van der Waals surface area contributed by atoms with Gasteiger partial charge in [0.05, 0.1) is 5.41 Å². The number of benzene rings is 1. The van der Waals surface area contributed by atoms with E-state index in [2.05, 4.69) is 5.32 Å². The van der Waals surface area contributed by atoms with Gasteiger partial charge in [0.2, 0.25) is 5.91 Å². The molecule has 2 N–H and O–H groups in total. The van der Waals surface area contributed by atoms with Crippen LogP contribution in [0, 0.1) is 12.3 Å². The first kappa shape index (κ1) is 14.6. The number of rotatable bonds is 5. The first-order valence-corrected chi connectivity index (χ1v) is 7.10. The van der Waals surface area contributed by atoms with Gasteiger partial charge in [-0.2, -0.15) is 0 Å². The van der Waals surface area contributed by atoms with E-state index in [0.717, 1.165) is 29.7 Å². The monoisotopic (exact) mass is 275 g/mol. The zero-order valence-electron chi connectivity index (χ0n) is 12.0. The summed E-state index contributed by atoms with van der Waals surface area (Å²) in [7, 11) is 0. The zero-order chi connectivity index (χ0) is 14.8. The van der Waals surface area contributed by atoms with Crippen LogP contribution in [0.3, 0.4) is 0 Å². The summed E-state index contributed by atoms with van der Waals surface area (Å²) < 4.78 is 0. The number of carboxylic acids is 1. The maximum Gasteiger partial charge on any atom is 0.310 e. The number of anilines is 1. The number of aliphatic carboxylic acids is 1. The second-order valence-corrected chi connectivity index (χ2v) is 5.63. The van der Waals surface area contributed by atoms with E-state index in [4.69, 9.17) is 0 Å². The van der Waals surface area contributed by atoms with Crippen molar-refractivity contribution in [2.75, 3.05) is 5.32 Å². The molecule has 0 bridgehead atoms. The molecule has 1 aromatic carbocycles. The Balaban J connectivity index is 2.11. The van der Waals surface area contributed by atoms with E-state index in [1.165, 1.54) is 0 Å². The molecule has 4 heteroatoms. The van der Waals surface area contributed by atoms with Crippen LogP contribution in [-0.4, -0.2) is 17.0 Å². The number of amides is 1. The van der Waals surface area contributed by atoms with E-state index >= 15 is 0 Å². The Morgan fingerprint density at radius 2 is 2.05 bits per heavy atom. The van der Waals surface area contributed by atoms with E-state index < -0.39 is 11.4 Å². The lowest BCUT2D eigenvalue weighted by Crippen LogP contribution is -2.41. The van der Waals surface area contributed by atoms with Crippen LogP contribution in [0.15, 0.2) is 18.2 Å². The van der Waals surface area contributed by atoms with Gasteiger partial charge in [-0.05, 0) is 37.3 Å². The van der Waals surface area contributed by atoms with Crippen molar-refractivity contribution in [3.63, 3.8) is 0 Å². The van der Waals surface area contributed by atoms with E-state index in [1.807, 2.05) is 32.0 Å². The van der Waals surface area contributed by atoms with Gasteiger partial charge in [0.1, 0.15) is 0 Å². The number of hydrogen-bond acceptors (Lipinski definition) is 2. The lowest BCUT2D eigenvalue weighted by atomic mass is 9.66. The summed E-state index contributed by atoms with van der Waals surface area (Å²) in [5.41, 5.74) is 2.09. The molecule has 0 spiro atoms. The Labute approximate surface area is 119 Å². The van der Waals surface area contributed by atoms with Crippen LogP contribution in [-0.2, 0) is 16.0 Å². The Hall–Kier alpha value is -1.84. The predicted molar refractivity (Wildman–Crippen MR) is 77.7 cm³/mol. The van der Waals surface area contributed by atoms with Gasteiger partial charge in [-0.1, -0.05) is 31.5 Å². The molecule has 0 atom stereocenters. The number of para-hydroxylation sites is 1. The molecule has 1 amide bonds. The lowest BCUT2D eigenvalue weighted by Gasteiger charge is -2.37. The van der Waals surface area contributed by atoms with Crippen molar-refractivity contribution < 1.29 is 14.7 Å². The molecular weight excluding hydrogens is 254 g/mol. The van der Waals surface area contributed by atoms with Gasteiger partial charge in [0.25, 0.3) is 0 Å². The number of carboxylic acid groups (broad SMARTS) is 1. The smallest absolute Gasteiger partial charge is 0.310 e. The van der Waals surface area contributed by atoms with Gasteiger partial charge in [0, 0.05) is 12.1 Å². The molecule has 20 heavy (non-hydrogen) atoms. The van der Waals surface area contributed by atoms with Crippen molar-refractivity contribution in [1.29, 1.82) is 0 Å². The molecule has 1 fully saturated rings. The average Bonchev–Trinajstić information content (AvgIpc) is 2.35. The molecule has 108 valence electrons. The molecule has 1 aliphatic carbocycles. The quantitative estimate of drug-likeness (QED) is 0.867. The number of nitrogens with one attached hydrogen (secondary N) is 1. The first-order valence-electron chi connectivity index (χ1n) is 7.10. The lowest BCUT2D eigenvalue weighted by molar-refractivity contribution is -0.157. The summed E-state index contributed by atoms with van der Waals surface area (Å²) >= 11 is 0. The summed E-state index contributed by atoms with van der Waals surface area (Å²) in [5.74, 6) is -1.05. The third-order valence-electron chi connectivity index (χ3n) is 4.27. The largest absolute Gasteiger partial charge is 0.481 e. The Morgan fingerprint density at radius 1 is 1.35 bits per heavy atom. The van der Waals surface area contributed by atoms with Gasteiger partial charge in [-0.25, -0.2) is 0 Å². The molecule has 0 saturated heterocycles. The highest BCUT2D eigenvalue weighted by molar-refractivity contribution is 5.95. The highest BCUT2D eigenvalue weighted by Crippen LogP contribution is 2.44. The fraction of sp³-hybridized carbons (Fsp3) is 0.500. The Kier molecular flexibility index (Phi) is 4.12. The number of hydrogen-bond donors (Lipinski definition) is 2. The zero-order valence-corrected chi connectivity index (χ0v) is 12.0. The third-order valence-corrected chi connectivity index (χ3v) is 4.27. The van der Waals surface area contributed by atoms with Crippen molar-refractivity contribution >= 4 is 17.6 Å². The molecule has 0 unspecified atom stereocenters. The van der Waals surface area contributed by atoms with Gasteiger partial charge >= 0.3 is 5.97 Å². The minimum absolute atomic E-state index is 0.0693. The number of aryl methyl sites for hydroxylation is 2. The van der Waals surface area contributed by atoms with E-state index in [-0.39, 0.29) is 12.3 Å². The SMILES string of the molecule is CCc1cccc(C)c1NC(=O)CC1(C(=O)O)CCC1. The second kappa shape index (κ2) is 5.65. The molecule has 1 saturated carbocycles. The number of carbonyl (C=O) groups excluding carboxylic acids is 1. The molecule has 1 aromatic rings. The van der Waals surface area contributed by atoms with Crippen LogP contribution in [0.2, 0.25) is 0 Å². The number of carbonyl (C=O) groups is 2. The van der Waals surface area contributed by atoms with Crippen molar-refractivity contribution in [3.8, 4) is 0 Å². The Bertz CT molecular complexity index is 533. The summed E-state index contributed by atoms with van der Waals surface area (Å²) in [6, 6.07) is 5.90. The maximum absolute atomic E-state index is 12.2. The standard InChI is InChI=1S/C16H21NO3/c1-3-12-7-4-6-11(2)14(12)17-13(18)10-16(15(19)20)8-5-9-16/h4,6-7H,3,5,8-10H2,1-2H3,(H,17,18)(H,19,20). The van der Waals surface area contributed by atoms with Crippen LogP contribution in [0.4, 0.5) is 5.69 Å². The molecule has 2 rings (SSSR count). The topological polar surface area (TPSA) is 66.4 Å². The summed E-state index contributed by atoms with van der Waals surface area (Å²) in [5, 5.41) is 12.2. The van der Waals surface area contributed by atoms with Crippen LogP contribution >= 0.6 is 0 Å². The highest BCUT2D eigenvalue weighted by atomic mass is 16.4. The normalized spacial score (nSPS) is 16.3. The fourth-order valence-corrected chi connectivity index (χ4v) is 2.76. The molecule has 0 radical (unpaired) electrons. The summed E-state index contributed by atoms with van der Waals surface area (Å²) in [4.78, 5) is 23.5. The van der Waals surface area contributed by atoms with Gasteiger partial charge in [-0.15, -0.1) is 0 Å². The molecule has 0 heterocycles. The van der Waals surface area contributed by atoms with Crippen LogP contribution in [0.5, 0.6) is 0 Å². The predicted octanol–water partition coefficient (Wildman–Crippen LogP) is 3.14. The minimum atomic E-state index is -0.848. The highest BCUT2D eigenvalue weighted by Gasteiger charge is 2.45. The minimum Gasteiger partial charge on any atom is -0.481 e. The average molecular weight is 275 g/mol. The van der Waals surface area contributed by atoms with E-state index in [1.54, 1.807) is 0 Å². The van der Waals surface area contributed by atoms with E-state index in [0.29, 0.717) is 12.8 Å². The molecular formula is C16H21NO3. The van der Waals surface area contributed by atoms with Crippen LogP contribution in [0.1, 0.15) is 43.7 Å². The Morgan fingerprint density at radius 3 is 2.55 bits per heavy atom. The third kappa shape index (κ3) is 2.69. The molecule has 4 nitrogen and oxygen atoms in total. The molecule has 0 aromatic heterocycles. The van der Waals surface area contributed by atoms with Gasteiger partial charge in [0.15, 0.2) is 0 Å². The van der Waals surface area contributed by atoms with E-state index in [9.17, 15) is 14.7 Å². The van der Waals surface area contributed by atoms with Crippen LogP contribution < -0.4 is 5.32 Å². The first-order chi connectivity index (χ1) is 9.48. The van der Waals surface area contributed by atoms with Crippen molar-refractivity contribution in [1.82, 2.24) is 0 Å². The van der Waals surface area contributed by atoms with Crippen LogP contribution in [0.25, 0.3) is 0 Å². The van der Waals surface area contributed by atoms with Crippen molar-refractivity contribution in [3.05, 3.63) is 29.3 Å².